The molecule has 0 radical (unpaired) electrons. The zero-order valence-corrected chi connectivity index (χ0v) is 12.7. The Balaban J connectivity index is 2.66. The van der Waals surface area contributed by atoms with E-state index in [1.807, 2.05) is 6.07 Å². The third-order valence-electron chi connectivity index (χ3n) is 2.44. The Hall–Kier alpha value is -2.07. The lowest BCUT2D eigenvalue weighted by Gasteiger charge is -2.16. The molecule has 1 rings (SSSR count). The fraction of sp³-hybridized carbons (Fsp3) is 0.308. The highest BCUT2D eigenvalue weighted by Crippen LogP contribution is 2.24. The number of amides is 3. The van der Waals surface area contributed by atoms with Gasteiger partial charge >= 0.3 is 6.03 Å². The average Bonchev–Trinajstić information content (AvgIpc) is 2.41. The summed E-state index contributed by atoms with van der Waals surface area (Å²) >= 11 is 3.32. The number of nitriles is 1. The number of halogens is 1. The van der Waals surface area contributed by atoms with Crippen molar-refractivity contribution in [2.75, 3.05) is 11.9 Å². The van der Waals surface area contributed by atoms with E-state index in [1.165, 1.54) is 0 Å². The quantitative estimate of drug-likeness (QED) is 0.782. The molecule has 7 heteroatoms. The van der Waals surface area contributed by atoms with Crippen LogP contribution in [0.2, 0.25) is 0 Å². The van der Waals surface area contributed by atoms with Crippen LogP contribution in [0.3, 0.4) is 0 Å². The average molecular weight is 339 g/mol. The Morgan fingerprint density at radius 1 is 1.45 bits per heavy atom. The monoisotopic (exact) mass is 338 g/mol. The van der Waals surface area contributed by atoms with E-state index in [0.717, 1.165) is 0 Å². The molecule has 0 heterocycles. The zero-order chi connectivity index (χ0) is 15.1. The first kappa shape index (κ1) is 16.0. The first-order valence-corrected chi connectivity index (χ1v) is 6.82. The topological polar surface area (TPSA) is 94.0 Å². The van der Waals surface area contributed by atoms with E-state index in [0.29, 0.717) is 22.3 Å². The van der Waals surface area contributed by atoms with Crippen molar-refractivity contribution in [1.29, 1.82) is 5.26 Å². The Bertz CT molecular complexity index is 554. The maximum atomic E-state index is 11.8. The Morgan fingerprint density at radius 2 is 2.15 bits per heavy atom. The Labute approximate surface area is 125 Å². The minimum absolute atomic E-state index is 0.438. The van der Waals surface area contributed by atoms with Crippen molar-refractivity contribution >= 4 is 33.6 Å². The highest BCUT2D eigenvalue weighted by atomic mass is 79.9. The van der Waals surface area contributed by atoms with E-state index < -0.39 is 18.0 Å². The molecule has 0 saturated carbocycles. The largest absolute Gasteiger partial charge is 0.373 e. The number of carbonyl (C=O) groups excluding carboxylic acids is 2. The number of nitrogens with zero attached hydrogens (tertiary/aromatic N) is 1. The van der Waals surface area contributed by atoms with E-state index in [1.54, 1.807) is 32.0 Å². The third kappa shape index (κ3) is 4.55. The van der Waals surface area contributed by atoms with Crippen molar-refractivity contribution in [2.45, 2.75) is 19.9 Å². The predicted molar refractivity (Wildman–Crippen MR) is 79.2 cm³/mol. The minimum Gasteiger partial charge on any atom is -0.373 e. The van der Waals surface area contributed by atoms with Crippen LogP contribution in [-0.4, -0.2) is 24.5 Å². The molecule has 0 fully saturated rings. The molecule has 1 atom stereocenters. The lowest BCUT2D eigenvalue weighted by molar-refractivity contribution is -0.120. The normalized spacial score (nSPS) is 11.1. The molecule has 0 bridgehead atoms. The molecular weight excluding hydrogens is 324 g/mol. The summed E-state index contributed by atoms with van der Waals surface area (Å²) in [6, 6.07) is 5.89. The number of benzene rings is 1. The zero-order valence-electron chi connectivity index (χ0n) is 11.2. The third-order valence-corrected chi connectivity index (χ3v) is 3.09. The number of urea groups is 1. The fourth-order valence-corrected chi connectivity index (χ4v) is 1.92. The van der Waals surface area contributed by atoms with Gasteiger partial charge in [0.15, 0.2) is 0 Å². The van der Waals surface area contributed by atoms with Gasteiger partial charge in [0.05, 0.1) is 11.6 Å². The number of rotatable bonds is 4. The van der Waals surface area contributed by atoms with Gasteiger partial charge in [-0.25, -0.2) is 4.79 Å². The summed E-state index contributed by atoms with van der Waals surface area (Å²) in [5.41, 5.74) is 1.18. The number of hydrogen-bond donors (Lipinski definition) is 3. The van der Waals surface area contributed by atoms with Crippen LogP contribution in [0.5, 0.6) is 0 Å². The van der Waals surface area contributed by atoms with Gasteiger partial charge in [0.2, 0.25) is 5.91 Å². The van der Waals surface area contributed by atoms with E-state index in [-0.39, 0.29) is 0 Å². The lowest BCUT2D eigenvalue weighted by atomic mass is 10.2. The van der Waals surface area contributed by atoms with Crippen LogP contribution in [0, 0.1) is 11.3 Å². The van der Waals surface area contributed by atoms with Crippen LogP contribution in [0.4, 0.5) is 10.5 Å². The maximum Gasteiger partial charge on any atom is 0.321 e. The highest BCUT2D eigenvalue weighted by Gasteiger charge is 2.16. The Morgan fingerprint density at radius 3 is 2.70 bits per heavy atom. The molecule has 1 aromatic rings. The SMILES string of the molecule is CCNC(=O)NC(=O)C(C)Nc1ccc(C#N)cc1Br. The molecule has 106 valence electrons. The highest BCUT2D eigenvalue weighted by molar-refractivity contribution is 9.10. The summed E-state index contributed by atoms with van der Waals surface area (Å²) < 4.78 is 0.675. The van der Waals surface area contributed by atoms with Gasteiger partial charge in [0.25, 0.3) is 0 Å². The molecule has 3 amide bonds. The number of anilines is 1. The summed E-state index contributed by atoms with van der Waals surface area (Å²) in [6.07, 6.45) is 0. The first-order valence-electron chi connectivity index (χ1n) is 6.02. The van der Waals surface area contributed by atoms with Crippen molar-refractivity contribution in [3.63, 3.8) is 0 Å². The van der Waals surface area contributed by atoms with Crippen LogP contribution >= 0.6 is 15.9 Å². The molecule has 0 aliphatic rings. The van der Waals surface area contributed by atoms with Crippen LogP contribution in [0.15, 0.2) is 22.7 Å². The van der Waals surface area contributed by atoms with Gasteiger partial charge in [-0.2, -0.15) is 5.26 Å². The second-order valence-electron chi connectivity index (χ2n) is 4.02. The molecule has 1 aromatic carbocycles. The molecule has 0 saturated heterocycles. The van der Waals surface area contributed by atoms with E-state index in [4.69, 9.17) is 5.26 Å². The molecular formula is C13H15BrN4O2. The summed E-state index contributed by atoms with van der Waals surface area (Å²) in [5.74, 6) is -0.438. The smallest absolute Gasteiger partial charge is 0.321 e. The van der Waals surface area contributed by atoms with Crippen LogP contribution < -0.4 is 16.0 Å². The Kier molecular flexibility index (Phi) is 6.00. The van der Waals surface area contributed by atoms with Crippen LogP contribution in [0.1, 0.15) is 19.4 Å². The van der Waals surface area contributed by atoms with Gasteiger partial charge in [-0.1, -0.05) is 0 Å². The predicted octanol–water partition coefficient (Wildman–Crippen LogP) is 1.97. The van der Waals surface area contributed by atoms with E-state index in [2.05, 4.69) is 31.9 Å². The van der Waals surface area contributed by atoms with Gasteiger partial charge in [-0.15, -0.1) is 0 Å². The summed E-state index contributed by atoms with van der Waals surface area (Å²) in [4.78, 5) is 23.0. The molecule has 1 unspecified atom stereocenters. The molecule has 0 aliphatic carbocycles. The number of nitrogens with one attached hydrogen (secondary N) is 3. The second kappa shape index (κ2) is 7.50. The van der Waals surface area contributed by atoms with Crippen LogP contribution in [-0.2, 0) is 4.79 Å². The number of carbonyl (C=O) groups is 2. The van der Waals surface area contributed by atoms with Gasteiger partial charge in [0, 0.05) is 16.7 Å². The fourth-order valence-electron chi connectivity index (χ4n) is 1.43. The van der Waals surface area contributed by atoms with Crippen molar-refractivity contribution in [1.82, 2.24) is 10.6 Å². The van der Waals surface area contributed by atoms with Crippen molar-refractivity contribution < 1.29 is 9.59 Å². The molecule has 20 heavy (non-hydrogen) atoms. The second-order valence-corrected chi connectivity index (χ2v) is 4.88. The van der Waals surface area contributed by atoms with E-state index in [9.17, 15) is 9.59 Å². The van der Waals surface area contributed by atoms with Crippen molar-refractivity contribution in [3.8, 4) is 6.07 Å². The maximum absolute atomic E-state index is 11.8. The van der Waals surface area contributed by atoms with Gasteiger partial charge < -0.3 is 10.6 Å². The first-order chi connectivity index (χ1) is 9.47. The van der Waals surface area contributed by atoms with Crippen molar-refractivity contribution in [3.05, 3.63) is 28.2 Å². The molecule has 0 spiro atoms. The minimum atomic E-state index is -0.596. The van der Waals surface area contributed by atoms with Gasteiger partial charge in [-0.3, -0.25) is 10.1 Å². The van der Waals surface area contributed by atoms with Crippen LogP contribution in [0.25, 0.3) is 0 Å². The van der Waals surface area contributed by atoms with E-state index >= 15 is 0 Å². The standard InChI is InChI=1S/C13H15BrN4O2/c1-3-16-13(20)18-12(19)8(2)17-11-5-4-9(7-15)6-10(11)14/h4-6,8,17H,3H2,1-2H3,(H2,16,18,19,20). The van der Waals surface area contributed by atoms with Gasteiger partial charge in [0.1, 0.15) is 6.04 Å². The number of hydrogen-bond acceptors (Lipinski definition) is 4. The molecule has 3 N–H and O–H groups in total. The summed E-state index contributed by atoms with van der Waals surface area (Å²) in [5, 5.41) is 16.4. The molecule has 0 aliphatic heterocycles. The lowest BCUT2D eigenvalue weighted by Crippen LogP contribution is -2.45. The molecule has 6 nitrogen and oxygen atoms in total. The van der Waals surface area contributed by atoms with Gasteiger partial charge in [-0.05, 0) is 48.0 Å². The summed E-state index contributed by atoms with van der Waals surface area (Å²) in [6.45, 7) is 3.85. The molecule has 0 aromatic heterocycles. The number of imide groups is 1. The summed E-state index contributed by atoms with van der Waals surface area (Å²) in [7, 11) is 0. The van der Waals surface area contributed by atoms with Crippen molar-refractivity contribution in [2.24, 2.45) is 0 Å².